The molecule has 0 aliphatic heterocycles. The average molecular weight is 427 g/mol. The first-order valence-electron chi connectivity index (χ1n) is 13.6. The van der Waals surface area contributed by atoms with Crippen LogP contribution in [-0.2, 0) is 0 Å². The molecule has 1 nitrogen and oxygen atoms in total. The number of hydrogen-bond donors (Lipinski definition) is 1. The van der Waals surface area contributed by atoms with Gasteiger partial charge in [-0.25, -0.2) is 0 Å². The van der Waals surface area contributed by atoms with Crippen molar-refractivity contribution in [2.75, 3.05) is 0 Å². The second-order valence-corrected chi connectivity index (χ2v) is 15.3. The van der Waals surface area contributed by atoms with Gasteiger partial charge in [0.15, 0.2) is 0 Å². The van der Waals surface area contributed by atoms with E-state index in [0.29, 0.717) is 33.0 Å². The van der Waals surface area contributed by atoms with E-state index >= 15 is 0 Å². The van der Waals surface area contributed by atoms with E-state index in [1.165, 1.54) is 57.8 Å². The molecule has 4 saturated carbocycles. The lowest BCUT2D eigenvalue weighted by Gasteiger charge is -2.70. The molecule has 5 rings (SSSR count). The Hall–Kier alpha value is -0.300. The Labute approximate surface area is 192 Å². The maximum atomic E-state index is 10.9. The molecule has 5 aliphatic carbocycles. The lowest BCUT2D eigenvalue weighted by atomic mass is 9.35. The van der Waals surface area contributed by atoms with Crippen LogP contribution in [0.4, 0.5) is 0 Å². The molecule has 0 unspecified atom stereocenters. The van der Waals surface area contributed by atoms with Crippen LogP contribution in [0.1, 0.15) is 120 Å². The van der Waals surface area contributed by atoms with Gasteiger partial charge in [0, 0.05) is 0 Å². The smallest absolute Gasteiger partial charge is 0.0594 e. The van der Waals surface area contributed by atoms with Gasteiger partial charge in [0.05, 0.1) is 6.10 Å². The molecule has 1 N–H and O–H groups in total. The molecule has 0 spiro atoms. The monoisotopic (exact) mass is 426 g/mol. The predicted octanol–water partition coefficient (Wildman–Crippen LogP) is 8.17. The zero-order valence-electron chi connectivity index (χ0n) is 21.9. The molecule has 5 aliphatic rings. The van der Waals surface area contributed by atoms with Gasteiger partial charge in [-0.3, -0.25) is 0 Å². The van der Waals surface area contributed by atoms with Crippen molar-refractivity contribution in [1.29, 1.82) is 0 Å². The molecular formula is C30H50O. The second kappa shape index (κ2) is 6.43. The highest BCUT2D eigenvalue weighted by Gasteiger charge is 2.66. The Bertz CT molecular complexity index is 790. The molecule has 0 saturated heterocycles. The van der Waals surface area contributed by atoms with Crippen molar-refractivity contribution < 1.29 is 5.11 Å². The maximum Gasteiger partial charge on any atom is 0.0594 e. The minimum Gasteiger partial charge on any atom is -0.393 e. The zero-order chi connectivity index (χ0) is 22.7. The van der Waals surface area contributed by atoms with Crippen LogP contribution >= 0.6 is 0 Å². The van der Waals surface area contributed by atoms with Crippen molar-refractivity contribution in [2.24, 2.45) is 50.2 Å². The molecule has 0 heterocycles. The number of fused-ring (bicyclic) bond motifs is 7. The average Bonchev–Trinajstić information content (AvgIpc) is 2.66. The molecule has 0 amide bonds. The van der Waals surface area contributed by atoms with Crippen LogP contribution in [0.2, 0.25) is 0 Å². The summed E-state index contributed by atoms with van der Waals surface area (Å²) in [6.45, 7) is 20.4. The van der Waals surface area contributed by atoms with Gasteiger partial charge in [-0.15, -0.1) is 0 Å². The van der Waals surface area contributed by atoms with Crippen molar-refractivity contribution >= 4 is 0 Å². The first kappa shape index (κ1) is 22.5. The number of rotatable bonds is 0. The Morgan fingerprint density at radius 3 is 2.00 bits per heavy atom. The number of aliphatic hydroxyl groups excluding tert-OH is 1. The van der Waals surface area contributed by atoms with Gasteiger partial charge >= 0.3 is 0 Å². The highest BCUT2D eigenvalue weighted by Crippen LogP contribution is 2.74. The quantitative estimate of drug-likeness (QED) is 0.387. The van der Waals surface area contributed by atoms with E-state index in [4.69, 9.17) is 0 Å². The first-order chi connectivity index (χ1) is 14.2. The van der Waals surface area contributed by atoms with E-state index in [1.807, 2.05) is 5.57 Å². The van der Waals surface area contributed by atoms with Gasteiger partial charge in [-0.05, 0) is 114 Å². The van der Waals surface area contributed by atoms with Gasteiger partial charge < -0.3 is 5.11 Å². The van der Waals surface area contributed by atoms with Crippen molar-refractivity contribution in [3.8, 4) is 0 Å². The fourth-order valence-electron chi connectivity index (χ4n) is 10.8. The third kappa shape index (κ3) is 2.83. The van der Waals surface area contributed by atoms with Gasteiger partial charge in [-0.1, -0.05) is 67.0 Å². The Kier molecular flexibility index (Phi) is 4.66. The van der Waals surface area contributed by atoms with Crippen LogP contribution in [0.5, 0.6) is 0 Å². The summed E-state index contributed by atoms with van der Waals surface area (Å²) < 4.78 is 0. The van der Waals surface area contributed by atoms with Gasteiger partial charge in [0.1, 0.15) is 0 Å². The number of hydrogen-bond acceptors (Lipinski definition) is 1. The molecule has 31 heavy (non-hydrogen) atoms. The summed E-state index contributed by atoms with van der Waals surface area (Å²) in [5.74, 6) is 2.29. The normalized spacial score (nSPS) is 55.2. The van der Waals surface area contributed by atoms with E-state index in [1.54, 1.807) is 0 Å². The van der Waals surface area contributed by atoms with E-state index in [2.05, 4.69) is 61.5 Å². The van der Waals surface area contributed by atoms with E-state index in [0.717, 1.165) is 18.3 Å². The number of allylic oxidation sites excluding steroid dienone is 2. The molecular weight excluding hydrogens is 376 g/mol. The molecule has 0 bridgehead atoms. The third-order valence-corrected chi connectivity index (χ3v) is 12.7. The van der Waals surface area contributed by atoms with Crippen LogP contribution in [0, 0.1) is 50.2 Å². The highest BCUT2D eigenvalue weighted by molar-refractivity contribution is 5.34. The summed E-state index contributed by atoms with van der Waals surface area (Å²) in [4.78, 5) is 0. The van der Waals surface area contributed by atoms with E-state index < -0.39 is 0 Å². The molecule has 8 atom stereocenters. The molecule has 0 aromatic rings. The zero-order valence-corrected chi connectivity index (χ0v) is 21.9. The van der Waals surface area contributed by atoms with Crippen LogP contribution in [0.15, 0.2) is 11.6 Å². The second-order valence-electron chi connectivity index (χ2n) is 15.3. The SMILES string of the molecule is CC1(C)CC[C@]2(C)CC=C3[C@]4(C)CC[C@H]5C(C)(C)[C@H](O)CC[C@@]5(C)[C@H]4CC[C@@]3(C)[C@@H]2C1. The molecule has 1 heteroatoms. The molecule has 0 radical (unpaired) electrons. The summed E-state index contributed by atoms with van der Waals surface area (Å²) in [7, 11) is 0. The molecule has 0 aromatic heterocycles. The summed E-state index contributed by atoms with van der Waals surface area (Å²) in [5, 5.41) is 10.9. The maximum absolute atomic E-state index is 10.9. The Balaban J connectivity index is 1.56. The minimum absolute atomic E-state index is 0.0575. The first-order valence-corrected chi connectivity index (χ1v) is 13.6. The summed E-state index contributed by atoms with van der Waals surface area (Å²) in [6.07, 6.45) is 15.8. The Morgan fingerprint density at radius 1 is 0.710 bits per heavy atom. The fraction of sp³-hybridized carbons (Fsp3) is 0.933. The minimum atomic E-state index is -0.122. The summed E-state index contributed by atoms with van der Waals surface area (Å²) >= 11 is 0. The molecule has 0 aromatic carbocycles. The topological polar surface area (TPSA) is 20.2 Å². The molecule has 4 fully saturated rings. The predicted molar refractivity (Wildman–Crippen MR) is 131 cm³/mol. The molecule has 176 valence electrons. The van der Waals surface area contributed by atoms with Crippen molar-refractivity contribution in [1.82, 2.24) is 0 Å². The van der Waals surface area contributed by atoms with E-state index in [-0.39, 0.29) is 11.5 Å². The third-order valence-electron chi connectivity index (χ3n) is 12.7. The van der Waals surface area contributed by atoms with Gasteiger partial charge in [0.2, 0.25) is 0 Å². The summed E-state index contributed by atoms with van der Waals surface area (Å²) in [5.41, 5.74) is 4.07. The lowest BCUT2D eigenvalue weighted by Crippen LogP contribution is -2.63. The van der Waals surface area contributed by atoms with Gasteiger partial charge in [-0.2, -0.15) is 0 Å². The van der Waals surface area contributed by atoms with Gasteiger partial charge in [0.25, 0.3) is 0 Å². The van der Waals surface area contributed by atoms with E-state index in [9.17, 15) is 5.11 Å². The van der Waals surface area contributed by atoms with Crippen molar-refractivity contribution in [3.05, 3.63) is 11.6 Å². The van der Waals surface area contributed by atoms with Crippen LogP contribution in [-0.4, -0.2) is 11.2 Å². The number of aliphatic hydroxyl groups is 1. The van der Waals surface area contributed by atoms with Crippen molar-refractivity contribution in [3.63, 3.8) is 0 Å². The lowest BCUT2D eigenvalue weighted by molar-refractivity contribution is -0.184. The summed E-state index contributed by atoms with van der Waals surface area (Å²) in [6, 6.07) is 0. The van der Waals surface area contributed by atoms with Crippen LogP contribution in [0.3, 0.4) is 0 Å². The van der Waals surface area contributed by atoms with Crippen molar-refractivity contribution in [2.45, 2.75) is 126 Å². The standard InChI is InChI=1S/C30H50O/c1-25(2)17-18-27(5)13-9-21-29(7)14-10-20-26(3,4)24(31)12-16-28(20,6)22(29)11-15-30(21,8)23(27)19-25/h9,20,22-24,31H,10-19H2,1-8H3/t20-,22+,23+,24+,27-,28+,29-,30+/m0/s1. The van der Waals surface area contributed by atoms with Crippen LogP contribution in [0.25, 0.3) is 0 Å². The fourth-order valence-corrected chi connectivity index (χ4v) is 10.8. The van der Waals surface area contributed by atoms with Crippen LogP contribution < -0.4 is 0 Å². The largest absolute Gasteiger partial charge is 0.393 e. The Morgan fingerprint density at radius 2 is 1.32 bits per heavy atom. The highest BCUT2D eigenvalue weighted by atomic mass is 16.3.